The number of nitrogens with two attached hydrogens (primary N) is 1. The third-order valence-corrected chi connectivity index (χ3v) is 3.42. The van der Waals surface area contributed by atoms with Crippen LogP contribution in [0, 0.1) is 6.92 Å². The lowest BCUT2D eigenvalue weighted by Gasteiger charge is -2.21. The van der Waals surface area contributed by atoms with Crippen molar-refractivity contribution in [3.63, 3.8) is 0 Å². The van der Waals surface area contributed by atoms with Gasteiger partial charge in [0, 0.05) is 25.5 Å². The summed E-state index contributed by atoms with van der Waals surface area (Å²) in [4.78, 5) is 6.60. The summed E-state index contributed by atoms with van der Waals surface area (Å²) < 4.78 is 0. The van der Waals surface area contributed by atoms with E-state index < -0.39 is 0 Å². The van der Waals surface area contributed by atoms with E-state index in [9.17, 15) is 0 Å². The Hall–Kier alpha value is -2.03. The fourth-order valence-electron chi connectivity index (χ4n) is 2.65. The van der Waals surface area contributed by atoms with Gasteiger partial charge in [0.15, 0.2) is 0 Å². The highest BCUT2D eigenvalue weighted by atomic mass is 15.2. The SMILES string of the molecule is Cc1cncc(CN2CCc3cccc(N)c32)c1. The molecule has 92 valence electrons. The summed E-state index contributed by atoms with van der Waals surface area (Å²) in [5.74, 6) is 0. The van der Waals surface area contributed by atoms with Crippen LogP contribution in [0.1, 0.15) is 16.7 Å². The van der Waals surface area contributed by atoms with Gasteiger partial charge in [-0.15, -0.1) is 0 Å². The van der Waals surface area contributed by atoms with Crippen molar-refractivity contribution in [2.75, 3.05) is 17.2 Å². The van der Waals surface area contributed by atoms with Crippen molar-refractivity contribution >= 4 is 11.4 Å². The number of para-hydroxylation sites is 1. The quantitative estimate of drug-likeness (QED) is 0.819. The Morgan fingerprint density at radius 2 is 2.22 bits per heavy atom. The van der Waals surface area contributed by atoms with Crippen molar-refractivity contribution in [1.29, 1.82) is 0 Å². The number of aryl methyl sites for hydroxylation is 1. The molecular weight excluding hydrogens is 222 g/mol. The molecule has 0 unspecified atom stereocenters. The second kappa shape index (κ2) is 4.33. The standard InChI is InChI=1S/C15H17N3/c1-11-7-12(9-17-8-11)10-18-6-5-13-3-2-4-14(16)15(13)18/h2-4,7-9H,5-6,10,16H2,1H3. The Balaban J connectivity index is 1.89. The molecular formula is C15H17N3. The fourth-order valence-corrected chi connectivity index (χ4v) is 2.65. The van der Waals surface area contributed by atoms with Crippen LogP contribution in [-0.4, -0.2) is 11.5 Å². The van der Waals surface area contributed by atoms with Gasteiger partial charge in [0.05, 0.1) is 11.4 Å². The third-order valence-electron chi connectivity index (χ3n) is 3.42. The summed E-state index contributed by atoms with van der Waals surface area (Å²) in [5.41, 5.74) is 12.0. The second-order valence-corrected chi connectivity index (χ2v) is 4.90. The van der Waals surface area contributed by atoms with E-state index in [2.05, 4.69) is 28.9 Å². The van der Waals surface area contributed by atoms with Crippen molar-refractivity contribution in [3.05, 3.63) is 53.3 Å². The van der Waals surface area contributed by atoms with Gasteiger partial charge in [0.2, 0.25) is 0 Å². The molecule has 2 aromatic rings. The van der Waals surface area contributed by atoms with Gasteiger partial charge in [-0.2, -0.15) is 0 Å². The predicted molar refractivity (Wildman–Crippen MR) is 74.6 cm³/mol. The van der Waals surface area contributed by atoms with Crippen LogP contribution in [0.5, 0.6) is 0 Å². The van der Waals surface area contributed by atoms with Crippen LogP contribution in [-0.2, 0) is 13.0 Å². The first-order valence-electron chi connectivity index (χ1n) is 6.27. The minimum atomic E-state index is 0.880. The molecule has 3 heteroatoms. The molecule has 1 aromatic heterocycles. The first-order chi connectivity index (χ1) is 8.74. The van der Waals surface area contributed by atoms with Crippen molar-refractivity contribution in [1.82, 2.24) is 4.98 Å². The first-order valence-corrected chi connectivity index (χ1v) is 6.27. The third kappa shape index (κ3) is 1.92. The minimum absolute atomic E-state index is 0.880. The second-order valence-electron chi connectivity index (χ2n) is 4.90. The molecule has 0 amide bonds. The average Bonchev–Trinajstić information content (AvgIpc) is 2.74. The number of anilines is 2. The predicted octanol–water partition coefficient (Wildman–Crippen LogP) is 2.53. The molecule has 0 atom stereocenters. The van der Waals surface area contributed by atoms with Gasteiger partial charge in [-0.3, -0.25) is 4.98 Å². The molecule has 0 fully saturated rings. The maximum absolute atomic E-state index is 6.09. The summed E-state index contributed by atoms with van der Waals surface area (Å²) in [6.07, 6.45) is 4.90. The summed E-state index contributed by atoms with van der Waals surface area (Å²) in [7, 11) is 0. The summed E-state index contributed by atoms with van der Waals surface area (Å²) >= 11 is 0. The number of hydrogen-bond donors (Lipinski definition) is 1. The van der Waals surface area contributed by atoms with Crippen LogP contribution in [0.4, 0.5) is 11.4 Å². The van der Waals surface area contributed by atoms with E-state index >= 15 is 0 Å². The molecule has 1 aliphatic rings. The highest BCUT2D eigenvalue weighted by molar-refractivity contribution is 5.74. The van der Waals surface area contributed by atoms with E-state index in [-0.39, 0.29) is 0 Å². The van der Waals surface area contributed by atoms with Crippen LogP contribution in [0.2, 0.25) is 0 Å². The van der Waals surface area contributed by atoms with E-state index in [1.807, 2.05) is 24.5 Å². The van der Waals surface area contributed by atoms with Crippen molar-refractivity contribution in [2.24, 2.45) is 0 Å². The molecule has 0 saturated heterocycles. The highest BCUT2D eigenvalue weighted by Crippen LogP contribution is 2.34. The summed E-state index contributed by atoms with van der Waals surface area (Å²) in [6.45, 7) is 4.00. The van der Waals surface area contributed by atoms with Gasteiger partial charge in [-0.25, -0.2) is 0 Å². The van der Waals surface area contributed by atoms with Crippen molar-refractivity contribution in [3.8, 4) is 0 Å². The van der Waals surface area contributed by atoms with Crippen LogP contribution in [0.25, 0.3) is 0 Å². The number of hydrogen-bond acceptors (Lipinski definition) is 3. The zero-order valence-corrected chi connectivity index (χ0v) is 10.6. The highest BCUT2D eigenvalue weighted by Gasteiger charge is 2.21. The van der Waals surface area contributed by atoms with E-state index in [0.717, 1.165) is 25.2 Å². The number of pyridine rings is 1. The Kier molecular flexibility index (Phi) is 2.67. The molecule has 0 bridgehead atoms. The Labute approximate surface area is 107 Å². The van der Waals surface area contributed by atoms with Crippen molar-refractivity contribution < 1.29 is 0 Å². The number of fused-ring (bicyclic) bond motifs is 1. The van der Waals surface area contributed by atoms with Crippen LogP contribution >= 0.6 is 0 Å². The largest absolute Gasteiger partial charge is 0.397 e. The number of aromatic nitrogens is 1. The van der Waals surface area contributed by atoms with Crippen molar-refractivity contribution in [2.45, 2.75) is 19.9 Å². The molecule has 1 aromatic carbocycles. The molecule has 0 aliphatic carbocycles. The molecule has 3 rings (SSSR count). The molecule has 0 radical (unpaired) electrons. The monoisotopic (exact) mass is 239 g/mol. The lowest BCUT2D eigenvalue weighted by atomic mass is 10.1. The molecule has 2 N–H and O–H groups in total. The number of rotatable bonds is 2. The molecule has 3 nitrogen and oxygen atoms in total. The van der Waals surface area contributed by atoms with Gasteiger partial charge in [0.1, 0.15) is 0 Å². The number of nitrogens with zero attached hydrogens (tertiary/aromatic N) is 2. The molecule has 1 aliphatic heterocycles. The molecule has 0 saturated carbocycles. The number of nitrogen functional groups attached to an aromatic ring is 1. The molecule has 18 heavy (non-hydrogen) atoms. The summed E-state index contributed by atoms with van der Waals surface area (Å²) in [6, 6.07) is 8.36. The molecule has 2 heterocycles. The van der Waals surface area contributed by atoms with Gasteiger partial charge >= 0.3 is 0 Å². The zero-order valence-electron chi connectivity index (χ0n) is 10.6. The van der Waals surface area contributed by atoms with E-state index in [1.54, 1.807) is 0 Å². The lowest BCUT2D eigenvalue weighted by molar-refractivity contribution is 0.832. The Morgan fingerprint density at radius 3 is 3.06 bits per heavy atom. The minimum Gasteiger partial charge on any atom is -0.397 e. The number of benzene rings is 1. The van der Waals surface area contributed by atoms with Crippen LogP contribution in [0.3, 0.4) is 0 Å². The maximum atomic E-state index is 6.09. The smallest absolute Gasteiger partial charge is 0.0636 e. The maximum Gasteiger partial charge on any atom is 0.0636 e. The zero-order chi connectivity index (χ0) is 12.5. The van der Waals surface area contributed by atoms with E-state index in [4.69, 9.17) is 5.73 Å². The first kappa shape index (κ1) is 11.1. The van der Waals surface area contributed by atoms with E-state index in [1.165, 1.54) is 22.4 Å². The summed E-state index contributed by atoms with van der Waals surface area (Å²) in [5, 5.41) is 0. The van der Waals surface area contributed by atoms with Gasteiger partial charge in [-0.1, -0.05) is 18.2 Å². The lowest BCUT2D eigenvalue weighted by Crippen LogP contribution is -2.20. The Bertz CT molecular complexity index is 578. The van der Waals surface area contributed by atoms with Crippen LogP contribution in [0.15, 0.2) is 36.7 Å². The normalized spacial score (nSPS) is 13.7. The topological polar surface area (TPSA) is 42.2 Å². The van der Waals surface area contributed by atoms with Crippen LogP contribution < -0.4 is 10.6 Å². The molecule has 0 spiro atoms. The van der Waals surface area contributed by atoms with E-state index in [0.29, 0.717) is 0 Å². The van der Waals surface area contributed by atoms with Gasteiger partial charge in [0.25, 0.3) is 0 Å². The average molecular weight is 239 g/mol. The van der Waals surface area contributed by atoms with Gasteiger partial charge < -0.3 is 10.6 Å². The van der Waals surface area contributed by atoms with Gasteiger partial charge in [-0.05, 0) is 36.1 Å². The fraction of sp³-hybridized carbons (Fsp3) is 0.267. The Morgan fingerprint density at radius 1 is 1.33 bits per heavy atom.